The van der Waals surface area contributed by atoms with E-state index in [0.29, 0.717) is 31.1 Å². The first-order valence-electron chi connectivity index (χ1n) is 9.73. The Morgan fingerprint density at radius 1 is 1.29 bits per heavy atom. The Morgan fingerprint density at radius 3 is 2.89 bits per heavy atom. The Hall–Kier alpha value is -2.48. The van der Waals surface area contributed by atoms with E-state index < -0.39 is 6.10 Å². The summed E-state index contributed by atoms with van der Waals surface area (Å²) < 4.78 is 5.13. The van der Waals surface area contributed by atoms with E-state index in [1.165, 1.54) is 11.1 Å². The number of aliphatic hydroxyl groups excluding tert-OH is 1. The molecule has 1 fully saturated rings. The molecule has 2 aliphatic heterocycles. The molecule has 0 saturated carbocycles. The normalized spacial score (nSPS) is 18.0. The molecule has 1 aromatic carbocycles. The zero-order valence-corrected chi connectivity index (χ0v) is 15.8. The molecule has 7 nitrogen and oxygen atoms in total. The van der Waals surface area contributed by atoms with Gasteiger partial charge in [-0.2, -0.15) is 0 Å². The van der Waals surface area contributed by atoms with Gasteiger partial charge in [0.25, 0.3) is 5.91 Å². The van der Waals surface area contributed by atoms with E-state index >= 15 is 0 Å². The maximum Gasteiger partial charge on any atom is 0.251 e. The number of nitrogens with zero attached hydrogens (tertiary/aromatic N) is 2. The summed E-state index contributed by atoms with van der Waals surface area (Å²) >= 11 is 0. The molecule has 0 radical (unpaired) electrons. The molecule has 0 unspecified atom stereocenters. The van der Waals surface area contributed by atoms with Gasteiger partial charge in [-0.05, 0) is 29.7 Å². The van der Waals surface area contributed by atoms with E-state index in [0.717, 1.165) is 19.5 Å². The fourth-order valence-electron chi connectivity index (χ4n) is 3.56. The van der Waals surface area contributed by atoms with Gasteiger partial charge in [0.1, 0.15) is 5.82 Å². The summed E-state index contributed by atoms with van der Waals surface area (Å²) in [5.74, 6) is 0.451. The maximum absolute atomic E-state index is 12.4. The quantitative estimate of drug-likeness (QED) is 0.663. The molecular formula is C21H26N4O3. The van der Waals surface area contributed by atoms with E-state index in [9.17, 15) is 9.90 Å². The van der Waals surface area contributed by atoms with Crippen LogP contribution in [0.15, 0.2) is 42.6 Å². The number of aromatic nitrogens is 1. The molecule has 2 aliphatic rings. The fraction of sp³-hybridized carbons (Fsp3) is 0.429. The number of anilines is 1. The summed E-state index contributed by atoms with van der Waals surface area (Å²) in [4.78, 5) is 18.9. The number of β-amino-alcohol motifs (C(OH)–C–C–N with tert-alkyl or cyclic N) is 1. The fourth-order valence-corrected chi connectivity index (χ4v) is 3.56. The second-order valence-electron chi connectivity index (χ2n) is 7.43. The van der Waals surface area contributed by atoms with E-state index in [1.54, 1.807) is 18.3 Å². The lowest BCUT2D eigenvalue weighted by atomic mass is 10.00. The molecule has 0 spiro atoms. The van der Waals surface area contributed by atoms with Gasteiger partial charge in [-0.25, -0.2) is 4.98 Å². The summed E-state index contributed by atoms with van der Waals surface area (Å²) in [5.41, 5.74) is 3.23. The first-order valence-corrected chi connectivity index (χ1v) is 9.73. The lowest BCUT2D eigenvalue weighted by molar-refractivity contribution is 0.0209. The van der Waals surface area contributed by atoms with Gasteiger partial charge in [-0.15, -0.1) is 0 Å². The van der Waals surface area contributed by atoms with Crippen molar-refractivity contribution >= 4 is 11.7 Å². The number of carbonyl (C=O) groups excluding carboxylic acids is 1. The first kappa shape index (κ1) is 18.9. The van der Waals surface area contributed by atoms with Gasteiger partial charge >= 0.3 is 0 Å². The number of fused-ring (bicyclic) bond motifs is 1. The molecule has 0 bridgehead atoms. The molecule has 148 valence electrons. The van der Waals surface area contributed by atoms with Crippen molar-refractivity contribution in [2.24, 2.45) is 0 Å². The molecule has 28 heavy (non-hydrogen) atoms. The van der Waals surface area contributed by atoms with Crippen molar-refractivity contribution in [1.82, 2.24) is 15.2 Å². The zero-order chi connectivity index (χ0) is 19.3. The largest absolute Gasteiger partial charge is 0.390 e. The van der Waals surface area contributed by atoms with Gasteiger partial charge in [-0.3, -0.25) is 9.69 Å². The lowest BCUT2D eigenvalue weighted by Crippen LogP contribution is -2.42. The highest BCUT2D eigenvalue weighted by Crippen LogP contribution is 2.18. The van der Waals surface area contributed by atoms with Crippen LogP contribution in [0, 0.1) is 0 Å². The molecule has 0 aliphatic carbocycles. The molecule has 3 N–H and O–H groups in total. The van der Waals surface area contributed by atoms with Crippen LogP contribution >= 0.6 is 0 Å². The van der Waals surface area contributed by atoms with Crippen molar-refractivity contribution in [3.8, 4) is 0 Å². The van der Waals surface area contributed by atoms with Crippen molar-refractivity contribution < 1.29 is 14.6 Å². The third kappa shape index (κ3) is 4.67. The monoisotopic (exact) mass is 382 g/mol. The van der Waals surface area contributed by atoms with E-state index in [1.807, 2.05) is 0 Å². The Morgan fingerprint density at radius 2 is 2.11 bits per heavy atom. The molecule has 4 rings (SSSR count). The summed E-state index contributed by atoms with van der Waals surface area (Å²) in [6.45, 7) is 3.84. The average molecular weight is 382 g/mol. The number of aliphatic hydroxyl groups is 1. The molecule has 1 saturated heterocycles. The number of carbonyl (C=O) groups is 1. The van der Waals surface area contributed by atoms with Gasteiger partial charge < -0.3 is 20.5 Å². The molecule has 1 atom stereocenters. The van der Waals surface area contributed by atoms with Crippen LogP contribution in [0.1, 0.15) is 21.5 Å². The Labute approximate surface area is 164 Å². The number of rotatable bonds is 7. The lowest BCUT2D eigenvalue weighted by Gasteiger charge is -2.30. The number of hydrogen-bond donors (Lipinski definition) is 3. The van der Waals surface area contributed by atoms with Crippen LogP contribution in [0.5, 0.6) is 0 Å². The molecule has 1 amide bonds. The minimum Gasteiger partial charge on any atom is -0.390 e. The number of nitrogens with one attached hydrogen (secondary N) is 2. The predicted octanol–water partition coefficient (Wildman–Crippen LogP) is 1.04. The third-order valence-corrected chi connectivity index (χ3v) is 5.19. The maximum atomic E-state index is 12.4. The molecule has 3 heterocycles. The van der Waals surface area contributed by atoms with Crippen molar-refractivity contribution in [3.63, 3.8) is 0 Å². The summed E-state index contributed by atoms with van der Waals surface area (Å²) in [5, 5.41) is 16.4. The minimum absolute atomic E-state index is 0.210. The molecule has 1 aromatic heterocycles. The molecule has 2 aromatic rings. The van der Waals surface area contributed by atoms with Crippen molar-refractivity contribution in [3.05, 3.63) is 59.3 Å². The van der Waals surface area contributed by atoms with Crippen molar-refractivity contribution in [2.45, 2.75) is 25.1 Å². The van der Waals surface area contributed by atoms with Crippen LogP contribution in [-0.4, -0.2) is 65.9 Å². The van der Waals surface area contributed by atoms with Gasteiger partial charge in [0.15, 0.2) is 0 Å². The topological polar surface area (TPSA) is 86.7 Å². The van der Waals surface area contributed by atoms with Crippen LogP contribution < -0.4 is 10.6 Å². The van der Waals surface area contributed by atoms with Crippen molar-refractivity contribution in [2.75, 3.05) is 38.2 Å². The number of benzene rings is 1. The Bertz CT molecular complexity index is 825. The third-order valence-electron chi connectivity index (χ3n) is 5.19. The second kappa shape index (κ2) is 8.68. The first-order chi connectivity index (χ1) is 13.7. The smallest absolute Gasteiger partial charge is 0.251 e. The summed E-state index contributed by atoms with van der Waals surface area (Å²) in [6.07, 6.45) is 1.99. The number of pyridine rings is 1. The number of amides is 1. The minimum atomic E-state index is -0.610. The van der Waals surface area contributed by atoms with E-state index in [2.05, 4.69) is 44.8 Å². The number of ether oxygens (including phenoxy) is 1. The van der Waals surface area contributed by atoms with E-state index in [4.69, 9.17) is 4.74 Å². The van der Waals surface area contributed by atoms with Crippen LogP contribution in [-0.2, 0) is 17.7 Å². The zero-order valence-electron chi connectivity index (χ0n) is 15.8. The Balaban J connectivity index is 1.25. The average Bonchev–Trinajstić information content (AvgIpc) is 2.69. The van der Waals surface area contributed by atoms with Gasteiger partial charge in [-0.1, -0.05) is 24.3 Å². The predicted molar refractivity (Wildman–Crippen MR) is 106 cm³/mol. The Kier molecular flexibility index (Phi) is 5.85. The van der Waals surface area contributed by atoms with Crippen LogP contribution in [0.25, 0.3) is 0 Å². The molecular weight excluding hydrogens is 356 g/mol. The second-order valence-corrected chi connectivity index (χ2v) is 7.43. The highest BCUT2D eigenvalue weighted by molar-refractivity contribution is 5.94. The van der Waals surface area contributed by atoms with Crippen LogP contribution in [0.4, 0.5) is 5.82 Å². The van der Waals surface area contributed by atoms with Crippen LogP contribution in [0.3, 0.4) is 0 Å². The highest BCUT2D eigenvalue weighted by atomic mass is 16.5. The van der Waals surface area contributed by atoms with E-state index in [-0.39, 0.29) is 18.5 Å². The standard InChI is InChI=1S/C21H26N4O3/c26-19(12-25-8-6-15-3-1-2-4-17(15)11-25)10-23-21(27)16-5-7-22-20(9-16)24-18-13-28-14-18/h1-5,7,9,18-19,26H,6,8,10-14H2,(H,22,24)(H,23,27)/t19-/m0/s1. The van der Waals surface area contributed by atoms with Crippen molar-refractivity contribution in [1.29, 1.82) is 0 Å². The number of hydrogen-bond acceptors (Lipinski definition) is 6. The van der Waals surface area contributed by atoms with Gasteiger partial charge in [0.05, 0.1) is 25.4 Å². The summed E-state index contributed by atoms with van der Waals surface area (Å²) in [6, 6.07) is 12.1. The highest BCUT2D eigenvalue weighted by Gasteiger charge is 2.20. The van der Waals surface area contributed by atoms with Gasteiger partial charge in [0, 0.05) is 37.9 Å². The van der Waals surface area contributed by atoms with Gasteiger partial charge in [0.2, 0.25) is 0 Å². The van der Waals surface area contributed by atoms with Crippen LogP contribution in [0.2, 0.25) is 0 Å². The SMILES string of the molecule is O=C(NC[C@H](O)CN1CCc2ccccc2C1)c1ccnc(NC2COC2)c1. The molecule has 7 heteroatoms. The summed E-state index contributed by atoms with van der Waals surface area (Å²) in [7, 11) is 0.